The minimum Gasteiger partial charge on any atom is -0.500 e. The number of nitrogens with zero attached hydrogens (tertiary/aromatic N) is 1. The lowest BCUT2D eigenvalue weighted by atomic mass is 10.0. The molecule has 1 N–H and O–H groups in total. The van der Waals surface area contributed by atoms with Crippen molar-refractivity contribution < 1.29 is 24.1 Å². The van der Waals surface area contributed by atoms with Gasteiger partial charge in [0.25, 0.3) is 0 Å². The van der Waals surface area contributed by atoms with Crippen molar-refractivity contribution >= 4 is 23.4 Å². The van der Waals surface area contributed by atoms with Crippen LogP contribution < -0.4 is 0 Å². The molecule has 1 rings (SSSR count). The van der Waals surface area contributed by atoms with Gasteiger partial charge in [0.2, 0.25) is 0 Å². The number of hydrogen-bond donors (Lipinski definition) is 1. The van der Waals surface area contributed by atoms with Gasteiger partial charge >= 0.3 is 5.97 Å². The Kier molecular flexibility index (Phi) is 7.94. The molecule has 0 aromatic carbocycles. The topological polar surface area (TPSA) is 77.9 Å². The number of carbonyl (C=O) groups is 1. The van der Waals surface area contributed by atoms with Crippen molar-refractivity contribution in [2.45, 2.75) is 26.1 Å². The number of methoxy groups -OCH3 is 3. The van der Waals surface area contributed by atoms with Crippen LogP contribution in [0, 0.1) is 5.92 Å². The lowest BCUT2D eigenvalue weighted by molar-refractivity contribution is -0.135. The van der Waals surface area contributed by atoms with Crippen LogP contribution in [0.4, 0.5) is 0 Å². The minimum absolute atomic E-state index is 0.185. The van der Waals surface area contributed by atoms with Crippen molar-refractivity contribution in [1.29, 1.82) is 0 Å². The predicted molar refractivity (Wildman–Crippen MR) is 88.9 cm³/mol. The Morgan fingerprint density at radius 3 is 2.48 bits per heavy atom. The highest BCUT2D eigenvalue weighted by atomic mass is 32.1. The van der Waals surface area contributed by atoms with Crippen LogP contribution in [-0.4, -0.2) is 43.5 Å². The fourth-order valence-corrected chi connectivity index (χ4v) is 2.65. The van der Waals surface area contributed by atoms with Gasteiger partial charge < -0.3 is 19.3 Å². The summed E-state index contributed by atoms with van der Waals surface area (Å²) in [4.78, 5) is 15.7. The lowest BCUT2D eigenvalue weighted by Crippen LogP contribution is -2.21. The molecule has 1 aromatic heterocycles. The van der Waals surface area contributed by atoms with Crippen molar-refractivity contribution in [3.8, 4) is 0 Å². The second-order valence-corrected chi connectivity index (χ2v) is 5.80. The first-order valence-electron chi connectivity index (χ1n) is 7.10. The summed E-state index contributed by atoms with van der Waals surface area (Å²) in [5, 5.41) is 12.0. The number of esters is 1. The van der Waals surface area contributed by atoms with Gasteiger partial charge in [0.1, 0.15) is 16.9 Å². The molecule has 0 amide bonds. The van der Waals surface area contributed by atoms with Gasteiger partial charge in [0, 0.05) is 18.4 Å². The molecule has 0 saturated carbocycles. The molecule has 23 heavy (non-hydrogen) atoms. The van der Waals surface area contributed by atoms with Gasteiger partial charge in [-0.25, -0.2) is 9.78 Å². The van der Waals surface area contributed by atoms with Crippen molar-refractivity contribution in [2.24, 2.45) is 5.92 Å². The summed E-state index contributed by atoms with van der Waals surface area (Å²) in [6.07, 6.45) is 4.08. The Morgan fingerprint density at radius 2 is 2.00 bits per heavy atom. The molecule has 3 atom stereocenters. The van der Waals surface area contributed by atoms with E-state index in [2.05, 4.69) is 9.72 Å². The van der Waals surface area contributed by atoms with Crippen LogP contribution in [0.3, 0.4) is 0 Å². The summed E-state index contributed by atoms with van der Waals surface area (Å²) in [7, 11) is 4.39. The van der Waals surface area contributed by atoms with Gasteiger partial charge in [-0.3, -0.25) is 0 Å². The normalized spacial score (nSPS) is 16.2. The third kappa shape index (κ3) is 5.78. The molecule has 7 heteroatoms. The number of thiazole rings is 1. The number of rotatable bonds is 8. The molecule has 1 heterocycles. The number of carbonyl (C=O) groups excluding carboxylic acids is 1. The molecule has 0 aliphatic rings. The molecule has 0 radical (unpaired) electrons. The lowest BCUT2D eigenvalue weighted by Gasteiger charge is -2.21. The molecule has 0 spiro atoms. The second kappa shape index (κ2) is 9.44. The van der Waals surface area contributed by atoms with Crippen LogP contribution in [0.15, 0.2) is 23.3 Å². The van der Waals surface area contributed by atoms with E-state index < -0.39 is 12.1 Å². The molecule has 6 nitrogen and oxygen atoms in total. The van der Waals surface area contributed by atoms with E-state index in [9.17, 15) is 9.90 Å². The van der Waals surface area contributed by atoms with Gasteiger partial charge in [-0.15, -0.1) is 11.3 Å². The molecule has 0 aliphatic carbocycles. The highest BCUT2D eigenvalue weighted by molar-refractivity contribution is 7.09. The second-order valence-electron chi connectivity index (χ2n) is 4.91. The fourth-order valence-electron chi connectivity index (χ4n) is 1.93. The third-order valence-electron chi connectivity index (χ3n) is 3.26. The predicted octanol–water partition coefficient (Wildman–Crippen LogP) is 2.56. The Hall–Kier alpha value is -1.70. The maximum Gasteiger partial charge on any atom is 0.333 e. The highest BCUT2D eigenvalue weighted by Crippen LogP contribution is 2.22. The average molecular weight is 341 g/mol. The Morgan fingerprint density at radius 1 is 1.30 bits per heavy atom. The highest BCUT2D eigenvalue weighted by Gasteiger charge is 2.20. The Labute approximate surface area is 140 Å². The number of ether oxygens (including phenoxy) is 3. The summed E-state index contributed by atoms with van der Waals surface area (Å²) >= 11 is 1.40. The van der Waals surface area contributed by atoms with E-state index in [0.29, 0.717) is 10.8 Å². The number of aliphatic hydroxyl groups excluding tert-OH is 1. The van der Waals surface area contributed by atoms with E-state index in [0.717, 1.165) is 5.69 Å². The Bertz CT molecular complexity index is 565. The number of aliphatic hydroxyl groups is 1. The molecule has 1 aromatic rings. The summed E-state index contributed by atoms with van der Waals surface area (Å²) < 4.78 is 15.3. The fraction of sp³-hybridized carbons (Fsp3) is 0.500. The zero-order valence-corrected chi connectivity index (χ0v) is 14.8. The Balaban J connectivity index is 2.87. The summed E-state index contributed by atoms with van der Waals surface area (Å²) in [5.41, 5.74) is 0.746. The van der Waals surface area contributed by atoms with Gasteiger partial charge in [-0.1, -0.05) is 13.0 Å². The van der Waals surface area contributed by atoms with Crippen LogP contribution in [0.1, 0.15) is 30.7 Å². The van der Waals surface area contributed by atoms with E-state index in [1.807, 2.05) is 24.5 Å². The van der Waals surface area contributed by atoms with E-state index in [-0.39, 0.29) is 12.0 Å². The average Bonchev–Trinajstić information content (AvgIpc) is 3.01. The van der Waals surface area contributed by atoms with Crippen molar-refractivity contribution in [1.82, 2.24) is 4.98 Å². The van der Waals surface area contributed by atoms with Crippen LogP contribution in [0.5, 0.6) is 0 Å². The molecule has 1 unspecified atom stereocenters. The van der Waals surface area contributed by atoms with Crippen LogP contribution >= 0.6 is 11.3 Å². The maximum atomic E-state index is 11.4. The first kappa shape index (κ1) is 19.3. The summed E-state index contributed by atoms with van der Waals surface area (Å²) in [5.74, 6) is -0.194. The van der Waals surface area contributed by atoms with E-state index >= 15 is 0 Å². The molecular weight excluding hydrogens is 318 g/mol. The van der Waals surface area contributed by atoms with Gasteiger partial charge in [-0.05, 0) is 13.0 Å². The minimum atomic E-state index is -0.581. The zero-order chi connectivity index (χ0) is 17.4. The molecule has 0 fully saturated rings. The van der Waals surface area contributed by atoms with Crippen molar-refractivity contribution in [3.05, 3.63) is 34.0 Å². The van der Waals surface area contributed by atoms with Gasteiger partial charge in [0.05, 0.1) is 32.1 Å². The monoisotopic (exact) mass is 341 g/mol. The maximum absolute atomic E-state index is 11.4. The number of hydrogen-bond acceptors (Lipinski definition) is 7. The zero-order valence-electron chi connectivity index (χ0n) is 14.0. The van der Waals surface area contributed by atoms with E-state index in [1.165, 1.54) is 31.6 Å². The first-order chi connectivity index (χ1) is 10.9. The van der Waals surface area contributed by atoms with Crippen molar-refractivity contribution in [3.63, 3.8) is 0 Å². The molecule has 0 saturated heterocycles. The molecule has 0 bridgehead atoms. The summed E-state index contributed by atoms with van der Waals surface area (Å²) in [6.45, 7) is 3.56. The SMILES string of the molecule is COC(=O)/C=C(/OC)[C@H](C)[C@H](/C=C/c1csc(C(C)O)n1)OC. The molecular formula is C16H23NO5S. The largest absolute Gasteiger partial charge is 0.500 e. The van der Waals surface area contributed by atoms with Crippen LogP contribution in [0.25, 0.3) is 6.08 Å². The van der Waals surface area contributed by atoms with E-state index in [4.69, 9.17) is 9.47 Å². The van der Waals surface area contributed by atoms with Crippen LogP contribution in [0.2, 0.25) is 0 Å². The third-order valence-corrected chi connectivity index (χ3v) is 4.30. The smallest absolute Gasteiger partial charge is 0.333 e. The molecule has 0 aliphatic heterocycles. The van der Waals surface area contributed by atoms with Gasteiger partial charge in [0.15, 0.2) is 0 Å². The summed E-state index contributed by atoms with van der Waals surface area (Å²) in [6, 6.07) is 0. The quantitative estimate of drug-likeness (QED) is 0.445. The first-order valence-corrected chi connectivity index (χ1v) is 7.98. The standard InChI is InChI=1S/C16H23NO5S/c1-10(14(21-4)8-15(19)22-5)13(20-3)7-6-12-9-23-16(17-12)11(2)18/h6-11,13,18H,1-5H3/b7-6+,14-8+/t10-,11?,13+/m1/s1. The van der Waals surface area contributed by atoms with Crippen molar-refractivity contribution in [2.75, 3.05) is 21.3 Å². The van der Waals surface area contributed by atoms with Crippen LogP contribution in [-0.2, 0) is 19.0 Å². The van der Waals surface area contributed by atoms with Gasteiger partial charge in [-0.2, -0.15) is 0 Å². The van der Waals surface area contributed by atoms with E-state index in [1.54, 1.807) is 14.0 Å². The number of aromatic nitrogens is 1. The molecule has 128 valence electrons.